The smallest absolute Gasteiger partial charge is 0.417 e. The van der Waals surface area contributed by atoms with Crippen LogP contribution < -0.4 is 0 Å². The summed E-state index contributed by atoms with van der Waals surface area (Å²) in [5.41, 5.74) is 1.85. The van der Waals surface area contributed by atoms with Gasteiger partial charge in [-0.1, -0.05) is 74.5 Å². The number of rotatable bonds is 4. The quantitative estimate of drug-likeness (QED) is 0.709. The zero-order chi connectivity index (χ0) is 23.1. The summed E-state index contributed by atoms with van der Waals surface area (Å²) in [7, 11) is 0. The first-order chi connectivity index (χ1) is 15.5. The third-order valence-corrected chi connectivity index (χ3v) is 5.26. The molecule has 0 saturated carbocycles. The SMILES string of the molecule is CCC(=O)N1C(=O)OC[C@H]1c1ccccc1.CCC(=O)N1C(=O)OC[C@H]1c1ccccc1. The molecule has 2 atom stereocenters. The van der Waals surface area contributed by atoms with Crippen LogP contribution in [0.5, 0.6) is 0 Å². The van der Waals surface area contributed by atoms with Crippen molar-refractivity contribution >= 4 is 24.0 Å². The van der Waals surface area contributed by atoms with Gasteiger partial charge in [-0.2, -0.15) is 0 Å². The van der Waals surface area contributed by atoms with Crippen molar-refractivity contribution in [3.05, 3.63) is 71.8 Å². The Bertz CT molecular complexity index is 883. The molecule has 2 aromatic carbocycles. The molecule has 2 aliphatic heterocycles. The van der Waals surface area contributed by atoms with E-state index in [2.05, 4.69) is 0 Å². The van der Waals surface area contributed by atoms with Crippen LogP contribution in [-0.2, 0) is 19.1 Å². The molecule has 0 aliphatic carbocycles. The number of amides is 4. The summed E-state index contributed by atoms with van der Waals surface area (Å²) in [4.78, 5) is 48.6. The Morgan fingerprint density at radius 3 is 1.38 bits per heavy atom. The monoisotopic (exact) mass is 438 g/mol. The lowest BCUT2D eigenvalue weighted by atomic mass is 10.1. The number of carbonyl (C=O) groups excluding carboxylic acids is 4. The number of cyclic esters (lactones) is 2. The van der Waals surface area contributed by atoms with Crippen molar-refractivity contribution in [3.63, 3.8) is 0 Å². The number of imide groups is 2. The zero-order valence-corrected chi connectivity index (χ0v) is 18.1. The summed E-state index contributed by atoms with van der Waals surface area (Å²) in [5.74, 6) is -0.396. The van der Waals surface area contributed by atoms with E-state index in [1.807, 2.05) is 60.7 Å². The van der Waals surface area contributed by atoms with Crippen LogP contribution in [-0.4, -0.2) is 47.0 Å². The molecule has 4 amide bonds. The molecule has 8 nitrogen and oxygen atoms in total. The predicted molar refractivity (Wildman–Crippen MR) is 115 cm³/mol. The molecule has 2 aliphatic rings. The standard InChI is InChI=1S/2C12H13NO3/c2*1-2-11(14)13-10(8-16-12(13)15)9-6-4-3-5-7-9/h2*3-7,10H,2,8H2,1H3/t2*10-/m00/s1. The Morgan fingerprint density at radius 2 is 1.06 bits per heavy atom. The molecule has 0 aromatic heterocycles. The molecule has 32 heavy (non-hydrogen) atoms. The van der Waals surface area contributed by atoms with E-state index in [0.29, 0.717) is 12.8 Å². The maximum atomic E-state index is 11.6. The van der Waals surface area contributed by atoms with Crippen LogP contribution in [0, 0.1) is 0 Å². The first kappa shape index (κ1) is 23.0. The number of hydrogen-bond donors (Lipinski definition) is 0. The largest absolute Gasteiger partial charge is 0.446 e. The fourth-order valence-electron chi connectivity index (χ4n) is 3.58. The summed E-state index contributed by atoms with van der Waals surface area (Å²) in [6, 6.07) is 18.3. The average Bonchev–Trinajstić information content (AvgIpc) is 3.42. The van der Waals surface area contributed by atoms with Crippen molar-refractivity contribution in [2.24, 2.45) is 0 Å². The Balaban J connectivity index is 0.000000181. The van der Waals surface area contributed by atoms with E-state index in [4.69, 9.17) is 9.47 Å². The normalized spacial score (nSPS) is 19.7. The van der Waals surface area contributed by atoms with E-state index in [0.717, 1.165) is 11.1 Å². The number of hydrogen-bond acceptors (Lipinski definition) is 6. The van der Waals surface area contributed by atoms with Gasteiger partial charge in [-0.25, -0.2) is 19.4 Å². The molecule has 2 fully saturated rings. The number of nitrogens with zero attached hydrogens (tertiary/aromatic N) is 2. The highest BCUT2D eigenvalue weighted by Gasteiger charge is 2.38. The van der Waals surface area contributed by atoms with Crippen LogP contribution in [0.2, 0.25) is 0 Å². The molecule has 8 heteroatoms. The van der Waals surface area contributed by atoms with Gasteiger partial charge in [-0.15, -0.1) is 0 Å². The molecule has 168 valence electrons. The van der Waals surface area contributed by atoms with Gasteiger partial charge in [0.05, 0.1) is 0 Å². The fraction of sp³-hybridized carbons (Fsp3) is 0.333. The lowest BCUT2D eigenvalue weighted by Crippen LogP contribution is -2.33. The molecule has 0 radical (unpaired) electrons. The fourth-order valence-corrected chi connectivity index (χ4v) is 3.58. The highest BCUT2D eigenvalue weighted by atomic mass is 16.6. The van der Waals surface area contributed by atoms with Crippen molar-refractivity contribution < 1.29 is 28.7 Å². The summed E-state index contributed by atoms with van der Waals surface area (Å²) in [6.45, 7) is 3.95. The van der Waals surface area contributed by atoms with Gasteiger partial charge in [-0.3, -0.25) is 9.59 Å². The topological polar surface area (TPSA) is 93.2 Å². The Labute approximate surface area is 186 Å². The average molecular weight is 438 g/mol. The molecule has 2 saturated heterocycles. The minimum absolute atomic E-state index is 0.198. The molecule has 0 spiro atoms. The van der Waals surface area contributed by atoms with E-state index < -0.39 is 12.2 Å². The van der Waals surface area contributed by atoms with Gasteiger partial charge in [0.25, 0.3) is 0 Å². The lowest BCUT2D eigenvalue weighted by molar-refractivity contribution is -0.129. The van der Waals surface area contributed by atoms with Crippen LogP contribution in [0.3, 0.4) is 0 Å². The summed E-state index contributed by atoms with van der Waals surface area (Å²) in [5, 5.41) is 0. The van der Waals surface area contributed by atoms with Gasteiger partial charge < -0.3 is 9.47 Å². The van der Waals surface area contributed by atoms with Crippen LogP contribution in [0.1, 0.15) is 49.9 Å². The maximum absolute atomic E-state index is 11.6. The van der Waals surface area contributed by atoms with Gasteiger partial charge in [0, 0.05) is 12.8 Å². The Morgan fingerprint density at radius 1 is 0.719 bits per heavy atom. The molecule has 4 rings (SSSR count). The Hall–Kier alpha value is -3.68. The third-order valence-electron chi connectivity index (χ3n) is 5.26. The zero-order valence-electron chi connectivity index (χ0n) is 18.1. The minimum Gasteiger partial charge on any atom is -0.446 e. The molecule has 0 N–H and O–H groups in total. The number of ether oxygens (including phenoxy) is 2. The van der Waals surface area contributed by atoms with Crippen LogP contribution in [0.25, 0.3) is 0 Å². The van der Waals surface area contributed by atoms with Crippen LogP contribution in [0.4, 0.5) is 9.59 Å². The van der Waals surface area contributed by atoms with E-state index in [1.54, 1.807) is 13.8 Å². The second kappa shape index (κ2) is 10.6. The van der Waals surface area contributed by atoms with Crippen molar-refractivity contribution in [1.82, 2.24) is 9.80 Å². The molecule has 0 unspecified atom stereocenters. The summed E-state index contributed by atoms with van der Waals surface area (Å²) in [6.07, 6.45) is -0.474. The van der Waals surface area contributed by atoms with E-state index >= 15 is 0 Å². The van der Waals surface area contributed by atoms with Gasteiger partial charge >= 0.3 is 12.2 Å². The van der Waals surface area contributed by atoms with Gasteiger partial charge in [0.2, 0.25) is 11.8 Å². The van der Waals surface area contributed by atoms with E-state index in [1.165, 1.54) is 9.80 Å². The second-order valence-electron chi connectivity index (χ2n) is 7.24. The van der Waals surface area contributed by atoms with Gasteiger partial charge in [-0.05, 0) is 11.1 Å². The second-order valence-corrected chi connectivity index (χ2v) is 7.24. The molecule has 2 aromatic rings. The van der Waals surface area contributed by atoms with E-state index in [9.17, 15) is 19.2 Å². The van der Waals surface area contributed by atoms with Crippen molar-refractivity contribution in [2.45, 2.75) is 38.8 Å². The van der Waals surface area contributed by atoms with Crippen molar-refractivity contribution in [2.75, 3.05) is 13.2 Å². The Kier molecular flexibility index (Phi) is 7.59. The maximum Gasteiger partial charge on any atom is 0.417 e. The van der Waals surface area contributed by atoms with Gasteiger partial charge in [0.1, 0.15) is 25.3 Å². The summed E-state index contributed by atoms with van der Waals surface area (Å²) >= 11 is 0. The van der Waals surface area contributed by atoms with Crippen LogP contribution in [0.15, 0.2) is 60.7 Å². The third kappa shape index (κ3) is 4.96. The molecular formula is C24H26N2O6. The van der Waals surface area contributed by atoms with E-state index in [-0.39, 0.29) is 37.1 Å². The lowest BCUT2D eigenvalue weighted by Gasteiger charge is -2.18. The van der Waals surface area contributed by atoms with Gasteiger partial charge in [0.15, 0.2) is 0 Å². The minimum atomic E-state index is -0.541. The highest BCUT2D eigenvalue weighted by molar-refractivity contribution is 5.94. The first-order valence-electron chi connectivity index (χ1n) is 10.5. The van der Waals surface area contributed by atoms with Crippen LogP contribution >= 0.6 is 0 Å². The number of carbonyl (C=O) groups is 4. The number of benzene rings is 2. The van der Waals surface area contributed by atoms with Crippen molar-refractivity contribution in [3.8, 4) is 0 Å². The molecular weight excluding hydrogens is 412 g/mol. The first-order valence-corrected chi connectivity index (χ1v) is 10.5. The highest BCUT2D eigenvalue weighted by Crippen LogP contribution is 2.29. The molecule has 2 heterocycles. The summed E-state index contributed by atoms with van der Waals surface area (Å²) < 4.78 is 9.84. The predicted octanol–water partition coefficient (Wildman–Crippen LogP) is 4.23. The van der Waals surface area contributed by atoms with Crippen molar-refractivity contribution in [1.29, 1.82) is 0 Å². The molecule has 0 bridgehead atoms.